The van der Waals surface area contributed by atoms with Gasteiger partial charge in [0.2, 0.25) is 0 Å². The Hall–Kier alpha value is -2.19. The summed E-state index contributed by atoms with van der Waals surface area (Å²) in [5.41, 5.74) is 1.74. The summed E-state index contributed by atoms with van der Waals surface area (Å²) in [6.45, 7) is 1.79. The number of amides is 1. The highest BCUT2D eigenvalue weighted by Crippen LogP contribution is 2.24. The zero-order valence-corrected chi connectivity index (χ0v) is 12.2. The third kappa shape index (κ3) is 3.03. The molecule has 0 fully saturated rings. The van der Waals surface area contributed by atoms with E-state index in [0.717, 1.165) is 5.56 Å². The average Bonchev–Trinajstić information content (AvgIpc) is 2.43. The van der Waals surface area contributed by atoms with Crippen LogP contribution in [0.15, 0.2) is 40.9 Å². The van der Waals surface area contributed by atoms with Crippen molar-refractivity contribution in [3.05, 3.63) is 63.4 Å². The van der Waals surface area contributed by atoms with Gasteiger partial charge < -0.3 is 5.32 Å². The fraction of sp³-hybridized carbons (Fsp3) is 0.0667. The number of nitriles is 1. The Kier molecular flexibility index (Phi) is 4.16. The molecule has 0 saturated heterocycles. The van der Waals surface area contributed by atoms with E-state index in [1.165, 1.54) is 12.1 Å². The minimum absolute atomic E-state index is 0.0127. The van der Waals surface area contributed by atoms with Crippen LogP contribution in [-0.4, -0.2) is 5.91 Å². The van der Waals surface area contributed by atoms with Crippen LogP contribution in [0.1, 0.15) is 21.5 Å². The molecule has 0 atom stereocenters. The van der Waals surface area contributed by atoms with Crippen LogP contribution in [0.5, 0.6) is 0 Å². The number of carbonyl (C=O) groups excluding carboxylic acids is 1. The number of halogens is 2. The van der Waals surface area contributed by atoms with Crippen LogP contribution in [0.4, 0.5) is 10.1 Å². The van der Waals surface area contributed by atoms with Crippen molar-refractivity contribution in [1.29, 1.82) is 5.26 Å². The summed E-state index contributed by atoms with van der Waals surface area (Å²) in [4.78, 5) is 12.1. The number of rotatable bonds is 2. The summed E-state index contributed by atoms with van der Waals surface area (Å²) in [5, 5.41) is 11.4. The van der Waals surface area contributed by atoms with E-state index in [1.807, 2.05) is 6.07 Å². The third-order valence-electron chi connectivity index (χ3n) is 2.71. The van der Waals surface area contributed by atoms with E-state index in [0.29, 0.717) is 15.7 Å². The third-order valence-corrected chi connectivity index (χ3v) is 3.37. The first-order valence-corrected chi connectivity index (χ1v) is 6.57. The van der Waals surface area contributed by atoms with Gasteiger partial charge in [-0.3, -0.25) is 4.79 Å². The van der Waals surface area contributed by atoms with Gasteiger partial charge in [-0.1, -0.05) is 11.6 Å². The quantitative estimate of drug-likeness (QED) is 0.902. The minimum atomic E-state index is -0.571. The summed E-state index contributed by atoms with van der Waals surface area (Å²) >= 11 is 3.26. The summed E-state index contributed by atoms with van der Waals surface area (Å²) in [6.07, 6.45) is 0. The van der Waals surface area contributed by atoms with E-state index in [-0.39, 0.29) is 5.56 Å². The van der Waals surface area contributed by atoms with E-state index in [4.69, 9.17) is 5.26 Å². The Morgan fingerprint density at radius 2 is 2.05 bits per heavy atom. The van der Waals surface area contributed by atoms with Crippen LogP contribution in [0.25, 0.3) is 0 Å². The summed E-state index contributed by atoms with van der Waals surface area (Å²) in [7, 11) is 0. The molecule has 5 heteroatoms. The van der Waals surface area contributed by atoms with Gasteiger partial charge in [0.1, 0.15) is 5.82 Å². The highest BCUT2D eigenvalue weighted by Gasteiger charge is 2.13. The summed E-state index contributed by atoms with van der Waals surface area (Å²) in [5.74, 6) is -1.10. The molecule has 2 aromatic carbocycles. The Bertz CT molecular complexity index is 722. The van der Waals surface area contributed by atoms with Crippen molar-refractivity contribution in [3.63, 3.8) is 0 Å². The topological polar surface area (TPSA) is 52.9 Å². The summed E-state index contributed by atoms with van der Waals surface area (Å²) < 4.78 is 14.2. The Balaban J connectivity index is 2.28. The Labute approximate surface area is 124 Å². The number of anilines is 1. The number of benzene rings is 2. The van der Waals surface area contributed by atoms with Crippen molar-refractivity contribution < 1.29 is 9.18 Å². The number of carbonyl (C=O) groups is 1. The van der Waals surface area contributed by atoms with Gasteiger partial charge in [-0.2, -0.15) is 5.26 Å². The predicted molar refractivity (Wildman–Crippen MR) is 77.9 cm³/mol. The fourth-order valence-corrected chi connectivity index (χ4v) is 2.17. The van der Waals surface area contributed by atoms with E-state index in [9.17, 15) is 9.18 Å². The van der Waals surface area contributed by atoms with Crippen molar-refractivity contribution in [2.75, 3.05) is 5.32 Å². The van der Waals surface area contributed by atoms with Gasteiger partial charge in [0, 0.05) is 4.47 Å². The molecule has 0 saturated carbocycles. The van der Waals surface area contributed by atoms with Crippen LogP contribution in [-0.2, 0) is 0 Å². The van der Waals surface area contributed by atoms with Gasteiger partial charge >= 0.3 is 0 Å². The first-order chi connectivity index (χ1) is 9.51. The molecule has 1 N–H and O–H groups in total. The standard InChI is InChI=1S/C15H10BrFN2O/c1-9-2-4-13(17)11(6-9)15(20)19-14-5-3-10(8-18)7-12(14)16/h2-7H,1H3,(H,19,20). The molecular weight excluding hydrogens is 323 g/mol. The maximum atomic E-state index is 13.6. The van der Waals surface area contributed by atoms with Gasteiger partial charge in [0.25, 0.3) is 5.91 Å². The Morgan fingerprint density at radius 1 is 1.30 bits per heavy atom. The molecule has 1 amide bonds. The maximum absolute atomic E-state index is 13.6. The second-order valence-corrected chi connectivity index (χ2v) is 5.10. The second-order valence-electron chi connectivity index (χ2n) is 4.24. The molecule has 0 aliphatic rings. The second kappa shape index (κ2) is 5.85. The van der Waals surface area contributed by atoms with Gasteiger partial charge in [0.05, 0.1) is 22.9 Å². The van der Waals surface area contributed by atoms with Gasteiger partial charge in [0.15, 0.2) is 0 Å². The van der Waals surface area contributed by atoms with Gasteiger partial charge in [-0.05, 0) is 53.2 Å². The molecular formula is C15H10BrFN2O. The monoisotopic (exact) mass is 332 g/mol. The molecule has 2 rings (SSSR count). The fourth-order valence-electron chi connectivity index (χ4n) is 1.69. The van der Waals surface area contributed by atoms with E-state index < -0.39 is 11.7 Å². The highest BCUT2D eigenvalue weighted by atomic mass is 79.9. The molecule has 0 aliphatic carbocycles. The molecule has 3 nitrogen and oxygen atoms in total. The van der Waals surface area contributed by atoms with E-state index in [2.05, 4.69) is 21.2 Å². The van der Waals surface area contributed by atoms with Gasteiger partial charge in [-0.15, -0.1) is 0 Å². The minimum Gasteiger partial charge on any atom is -0.321 e. The van der Waals surface area contributed by atoms with Crippen LogP contribution in [0, 0.1) is 24.1 Å². The van der Waals surface area contributed by atoms with Crippen molar-refractivity contribution >= 4 is 27.5 Å². The first kappa shape index (κ1) is 14.2. The van der Waals surface area contributed by atoms with Crippen LogP contribution < -0.4 is 5.32 Å². The van der Waals surface area contributed by atoms with Crippen LogP contribution in [0.3, 0.4) is 0 Å². The molecule has 100 valence electrons. The number of aryl methyl sites for hydroxylation is 1. The zero-order chi connectivity index (χ0) is 14.7. The number of hydrogen-bond donors (Lipinski definition) is 1. The molecule has 0 bridgehead atoms. The molecule has 0 heterocycles. The molecule has 0 spiro atoms. The largest absolute Gasteiger partial charge is 0.321 e. The SMILES string of the molecule is Cc1ccc(F)c(C(=O)Nc2ccc(C#N)cc2Br)c1. The van der Waals surface area contributed by atoms with Gasteiger partial charge in [-0.25, -0.2) is 4.39 Å². The molecule has 2 aromatic rings. The lowest BCUT2D eigenvalue weighted by Crippen LogP contribution is -2.14. The van der Waals surface area contributed by atoms with E-state index >= 15 is 0 Å². The number of nitrogens with one attached hydrogen (secondary N) is 1. The lowest BCUT2D eigenvalue weighted by Gasteiger charge is -2.09. The van der Waals surface area contributed by atoms with E-state index in [1.54, 1.807) is 31.2 Å². The average molecular weight is 333 g/mol. The van der Waals surface area contributed by atoms with Crippen molar-refractivity contribution in [1.82, 2.24) is 0 Å². The zero-order valence-electron chi connectivity index (χ0n) is 10.6. The lowest BCUT2D eigenvalue weighted by atomic mass is 10.1. The number of nitrogens with zero attached hydrogens (tertiary/aromatic N) is 1. The van der Waals surface area contributed by atoms with Crippen molar-refractivity contribution in [3.8, 4) is 6.07 Å². The molecule has 0 radical (unpaired) electrons. The maximum Gasteiger partial charge on any atom is 0.258 e. The number of hydrogen-bond acceptors (Lipinski definition) is 2. The molecule has 0 aromatic heterocycles. The highest BCUT2D eigenvalue weighted by molar-refractivity contribution is 9.10. The molecule has 0 unspecified atom stereocenters. The normalized spacial score (nSPS) is 9.90. The molecule has 20 heavy (non-hydrogen) atoms. The molecule has 0 aliphatic heterocycles. The van der Waals surface area contributed by atoms with Crippen LogP contribution in [0.2, 0.25) is 0 Å². The van der Waals surface area contributed by atoms with Crippen molar-refractivity contribution in [2.45, 2.75) is 6.92 Å². The van der Waals surface area contributed by atoms with Crippen LogP contribution >= 0.6 is 15.9 Å². The predicted octanol–water partition coefficient (Wildman–Crippen LogP) is 4.02. The van der Waals surface area contributed by atoms with Crippen molar-refractivity contribution in [2.24, 2.45) is 0 Å². The smallest absolute Gasteiger partial charge is 0.258 e. The Morgan fingerprint density at radius 3 is 2.70 bits per heavy atom. The summed E-state index contributed by atoms with van der Waals surface area (Å²) in [6, 6.07) is 11.1. The first-order valence-electron chi connectivity index (χ1n) is 5.78. The lowest BCUT2D eigenvalue weighted by molar-refractivity contribution is 0.102.